The molecule has 5 rings (SSSR count). The molecule has 0 amide bonds. The number of aromatic nitrogens is 4. The van der Waals surface area contributed by atoms with Gasteiger partial charge in [-0.2, -0.15) is 0 Å². The van der Waals surface area contributed by atoms with E-state index in [1.165, 1.54) is 16.3 Å². The topological polar surface area (TPSA) is 91.8 Å². The average molecular weight is 453 g/mol. The number of nitrogens with zero attached hydrogens (tertiary/aromatic N) is 3. The number of carboxylic acids is 1. The molecule has 0 radical (unpaired) electrons. The van der Waals surface area contributed by atoms with Crippen LogP contribution in [0.15, 0.2) is 84.3 Å². The van der Waals surface area contributed by atoms with E-state index in [-0.39, 0.29) is 5.75 Å². The fourth-order valence-electron chi connectivity index (χ4n) is 3.83. The standard InChI is InChI=1S/C26H20N4O2S/c1-16-3-2-4-19-11-18(5-6-23(16)19)21-12-20(17-7-9-27-10-8-17)13-22(14-21)25-28-26(30-29-25)33-15-24(31)32/h2-14H,15H2,1H3,(H,31,32)(H,28,29,30). The van der Waals surface area contributed by atoms with E-state index in [0.29, 0.717) is 11.0 Å². The van der Waals surface area contributed by atoms with Crippen LogP contribution in [-0.4, -0.2) is 37.0 Å². The Bertz CT molecular complexity index is 1460. The number of nitrogens with one attached hydrogen (secondary N) is 1. The normalized spacial score (nSPS) is 11.1. The molecule has 7 heteroatoms. The monoisotopic (exact) mass is 452 g/mol. The number of aryl methyl sites for hydroxylation is 1. The van der Waals surface area contributed by atoms with Gasteiger partial charge >= 0.3 is 5.97 Å². The summed E-state index contributed by atoms with van der Waals surface area (Å²) in [6.07, 6.45) is 3.55. The van der Waals surface area contributed by atoms with E-state index >= 15 is 0 Å². The molecule has 0 aliphatic heterocycles. The van der Waals surface area contributed by atoms with Crippen molar-refractivity contribution in [1.82, 2.24) is 20.2 Å². The lowest BCUT2D eigenvalue weighted by molar-refractivity contribution is -0.133. The number of carboxylic acid groups (broad SMARTS) is 1. The number of fused-ring (bicyclic) bond motifs is 1. The number of rotatable bonds is 6. The molecule has 0 bridgehead atoms. The van der Waals surface area contributed by atoms with Crippen LogP contribution in [0.5, 0.6) is 0 Å². The first kappa shape index (κ1) is 20.9. The molecular formula is C26H20N4O2S. The molecule has 2 heterocycles. The van der Waals surface area contributed by atoms with Crippen molar-refractivity contribution in [2.45, 2.75) is 12.1 Å². The maximum absolute atomic E-state index is 10.9. The minimum Gasteiger partial charge on any atom is -0.481 e. The van der Waals surface area contributed by atoms with Gasteiger partial charge in [0.1, 0.15) is 0 Å². The summed E-state index contributed by atoms with van der Waals surface area (Å²) in [5.41, 5.74) is 6.36. The van der Waals surface area contributed by atoms with Gasteiger partial charge in [-0.1, -0.05) is 42.1 Å². The summed E-state index contributed by atoms with van der Waals surface area (Å²) in [6.45, 7) is 2.12. The number of thioether (sulfide) groups is 1. The molecule has 2 aromatic heterocycles. The Morgan fingerprint density at radius 2 is 1.67 bits per heavy atom. The summed E-state index contributed by atoms with van der Waals surface area (Å²) in [4.78, 5) is 19.5. The van der Waals surface area contributed by atoms with Gasteiger partial charge in [-0.25, -0.2) is 4.98 Å². The van der Waals surface area contributed by atoms with Gasteiger partial charge in [0.15, 0.2) is 5.82 Å². The number of aromatic amines is 1. The van der Waals surface area contributed by atoms with E-state index in [2.05, 4.69) is 81.7 Å². The van der Waals surface area contributed by atoms with Crippen molar-refractivity contribution in [2.75, 3.05) is 5.75 Å². The lowest BCUT2D eigenvalue weighted by Crippen LogP contribution is -1.97. The third-order valence-electron chi connectivity index (χ3n) is 5.44. The first-order chi connectivity index (χ1) is 16.1. The molecule has 33 heavy (non-hydrogen) atoms. The van der Waals surface area contributed by atoms with Crippen molar-refractivity contribution < 1.29 is 9.90 Å². The Hall–Kier alpha value is -3.97. The zero-order valence-electron chi connectivity index (χ0n) is 17.8. The lowest BCUT2D eigenvalue weighted by atomic mass is 9.94. The number of hydrogen-bond acceptors (Lipinski definition) is 5. The Labute approximate surface area is 194 Å². The van der Waals surface area contributed by atoms with Crippen LogP contribution in [0.3, 0.4) is 0 Å². The average Bonchev–Trinajstić information content (AvgIpc) is 3.32. The molecule has 0 aliphatic carbocycles. The van der Waals surface area contributed by atoms with Crippen molar-refractivity contribution in [3.05, 3.63) is 84.7 Å². The van der Waals surface area contributed by atoms with E-state index in [1.54, 1.807) is 12.4 Å². The van der Waals surface area contributed by atoms with Crippen LogP contribution in [-0.2, 0) is 4.79 Å². The Morgan fingerprint density at radius 3 is 2.45 bits per heavy atom. The summed E-state index contributed by atoms with van der Waals surface area (Å²) < 4.78 is 0. The molecule has 0 spiro atoms. The van der Waals surface area contributed by atoms with Crippen LogP contribution in [0.25, 0.3) is 44.4 Å². The van der Waals surface area contributed by atoms with Gasteiger partial charge < -0.3 is 5.11 Å². The maximum atomic E-state index is 10.9. The highest BCUT2D eigenvalue weighted by molar-refractivity contribution is 7.99. The molecule has 0 atom stereocenters. The van der Waals surface area contributed by atoms with E-state index < -0.39 is 5.97 Å². The number of carbonyl (C=O) groups is 1. The van der Waals surface area contributed by atoms with Crippen LogP contribution >= 0.6 is 11.8 Å². The van der Waals surface area contributed by atoms with Gasteiger partial charge in [-0.05, 0) is 81.9 Å². The molecule has 0 unspecified atom stereocenters. The molecule has 0 aliphatic rings. The molecule has 2 N–H and O–H groups in total. The van der Waals surface area contributed by atoms with Crippen LogP contribution in [0.2, 0.25) is 0 Å². The highest BCUT2D eigenvalue weighted by atomic mass is 32.2. The molecule has 6 nitrogen and oxygen atoms in total. The van der Waals surface area contributed by atoms with Gasteiger partial charge in [-0.3, -0.25) is 14.9 Å². The van der Waals surface area contributed by atoms with E-state index in [4.69, 9.17) is 5.11 Å². The predicted molar refractivity (Wildman–Crippen MR) is 131 cm³/mol. The zero-order valence-corrected chi connectivity index (χ0v) is 18.6. The van der Waals surface area contributed by atoms with Gasteiger partial charge in [0.25, 0.3) is 0 Å². The van der Waals surface area contributed by atoms with Gasteiger partial charge in [0.05, 0.1) is 5.75 Å². The van der Waals surface area contributed by atoms with Gasteiger partial charge in [0, 0.05) is 18.0 Å². The minimum absolute atomic E-state index is 0.0872. The van der Waals surface area contributed by atoms with Crippen molar-refractivity contribution in [3.63, 3.8) is 0 Å². The minimum atomic E-state index is -0.903. The van der Waals surface area contributed by atoms with Crippen LogP contribution in [0, 0.1) is 6.92 Å². The molecule has 0 saturated carbocycles. The fourth-order valence-corrected chi connectivity index (χ4v) is 4.35. The molecular weight excluding hydrogens is 432 g/mol. The summed E-state index contributed by atoms with van der Waals surface area (Å²) in [6, 6.07) is 23.1. The van der Waals surface area contributed by atoms with E-state index in [1.807, 2.05) is 12.1 Å². The number of pyridine rings is 1. The largest absolute Gasteiger partial charge is 0.481 e. The maximum Gasteiger partial charge on any atom is 0.313 e. The van der Waals surface area contributed by atoms with Crippen LogP contribution in [0.1, 0.15) is 5.56 Å². The lowest BCUT2D eigenvalue weighted by Gasteiger charge is -2.11. The second-order valence-corrected chi connectivity index (χ2v) is 8.64. The Morgan fingerprint density at radius 1 is 0.909 bits per heavy atom. The Kier molecular flexibility index (Phi) is 5.62. The third kappa shape index (κ3) is 4.49. The first-order valence-corrected chi connectivity index (χ1v) is 11.4. The number of aliphatic carboxylic acids is 1. The highest BCUT2D eigenvalue weighted by Crippen LogP contribution is 2.33. The van der Waals surface area contributed by atoms with E-state index in [0.717, 1.165) is 39.6 Å². The molecule has 0 saturated heterocycles. The summed E-state index contributed by atoms with van der Waals surface area (Å²) in [5.74, 6) is -0.396. The predicted octanol–water partition coefficient (Wildman–Crippen LogP) is 5.84. The molecule has 0 fully saturated rings. The number of hydrogen-bond donors (Lipinski definition) is 2. The van der Waals surface area contributed by atoms with Crippen molar-refractivity contribution in [3.8, 4) is 33.6 Å². The van der Waals surface area contributed by atoms with E-state index in [9.17, 15) is 4.79 Å². The van der Waals surface area contributed by atoms with Crippen LogP contribution < -0.4 is 0 Å². The van der Waals surface area contributed by atoms with Crippen molar-refractivity contribution in [1.29, 1.82) is 0 Å². The van der Waals surface area contributed by atoms with Crippen LogP contribution in [0.4, 0.5) is 0 Å². The number of H-pyrrole nitrogens is 1. The van der Waals surface area contributed by atoms with Crippen molar-refractivity contribution >= 4 is 28.5 Å². The van der Waals surface area contributed by atoms with Gasteiger partial charge in [0.2, 0.25) is 5.16 Å². The zero-order chi connectivity index (χ0) is 22.8. The smallest absolute Gasteiger partial charge is 0.313 e. The molecule has 162 valence electrons. The molecule has 5 aromatic rings. The fraction of sp³-hybridized carbons (Fsp3) is 0.0769. The summed E-state index contributed by atoms with van der Waals surface area (Å²) in [5, 5.41) is 18.9. The highest BCUT2D eigenvalue weighted by Gasteiger charge is 2.12. The SMILES string of the molecule is Cc1cccc2cc(-c3cc(-c4ccncc4)cc(-c4nc(SCC(=O)O)n[nH]4)c3)ccc12. The first-order valence-electron chi connectivity index (χ1n) is 10.4. The third-order valence-corrected chi connectivity index (χ3v) is 6.27. The molecule has 3 aromatic carbocycles. The number of benzene rings is 3. The summed E-state index contributed by atoms with van der Waals surface area (Å²) >= 11 is 1.09. The summed E-state index contributed by atoms with van der Waals surface area (Å²) in [7, 11) is 0. The Balaban J connectivity index is 1.62. The second-order valence-electron chi connectivity index (χ2n) is 7.69. The van der Waals surface area contributed by atoms with Crippen molar-refractivity contribution in [2.24, 2.45) is 0 Å². The second kappa shape index (κ2) is 8.88. The van der Waals surface area contributed by atoms with Gasteiger partial charge in [-0.15, -0.1) is 5.10 Å². The quantitative estimate of drug-likeness (QED) is 0.315.